The van der Waals surface area contributed by atoms with E-state index in [0.717, 1.165) is 44.2 Å². The summed E-state index contributed by atoms with van der Waals surface area (Å²) >= 11 is 0. The van der Waals surface area contributed by atoms with Gasteiger partial charge in [0.05, 0.1) is 0 Å². The highest BCUT2D eigenvalue weighted by molar-refractivity contribution is 5.91. The topological polar surface area (TPSA) is 79.5 Å². The van der Waals surface area contributed by atoms with Gasteiger partial charge in [-0.15, -0.1) is 0 Å². The van der Waals surface area contributed by atoms with Gasteiger partial charge in [0.2, 0.25) is 5.91 Å². The molecule has 2 N–H and O–H groups in total. The van der Waals surface area contributed by atoms with Crippen molar-refractivity contribution < 1.29 is 9.59 Å². The molecule has 6 heteroatoms. The van der Waals surface area contributed by atoms with Crippen molar-refractivity contribution in [2.45, 2.75) is 44.9 Å². The van der Waals surface area contributed by atoms with E-state index in [1.807, 2.05) is 11.0 Å². The number of carbonyl (C=O) groups is 2. The number of hydrogen-bond donors (Lipinski definition) is 1. The Morgan fingerprint density at radius 1 is 1.12 bits per heavy atom. The van der Waals surface area contributed by atoms with E-state index in [9.17, 15) is 9.59 Å². The average Bonchev–Trinajstić information content (AvgIpc) is 2.67. The van der Waals surface area contributed by atoms with Crippen LogP contribution >= 0.6 is 0 Å². The van der Waals surface area contributed by atoms with Gasteiger partial charge < -0.3 is 15.5 Å². The molecule has 1 aliphatic heterocycles. The van der Waals surface area contributed by atoms with Crippen molar-refractivity contribution in [2.24, 2.45) is 11.7 Å². The predicted octanol–water partition coefficient (Wildman–Crippen LogP) is 2.19. The molecular weight excluding hydrogens is 316 g/mol. The second-order valence-corrected chi connectivity index (χ2v) is 7.17. The van der Waals surface area contributed by atoms with E-state index in [2.05, 4.69) is 9.88 Å². The molecule has 0 radical (unpaired) electrons. The number of piperazine rings is 1. The van der Waals surface area contributed by atoms with Crippen molar-refractivity contribution in [3.8, 4) is 0 Å². The van der Waals surface area contributed by atoms with Gasteiger partial charge in [0.15, 0.2) is 0 Å². The Kier molecular flexibility index (Phi) is 5.89. The van der Waals surface area contributed by atoms with Crippen LogP contribution in [-0.2, 0) is 4.79 Å². The largest absolute Gasteiger partial charge is 0.368 e. The molecule has 2 amide bonds. The zero-order valence-corrected chi connectivity index (χ0v) is 14.8. The molecule has 1 aromatic rings. The molecular formula is C19H28N4O2. The number of aromatic nitrogens is 1. The van der Waals surface area contributed by atoms with Crippen LogP contribution in [0.25, 0.3) is 0 Å². The van der Waals surface area contributed by atoms with Crippen LogP contribution in [0.3, 0.4) is 0 Å². The highest BCUT2D eigenvalue weighted by Crippen LogP contribution is 2.27. The summed E-state index contributed by atoms with van der Waals surface area (Å²) in [6.07, 6.45) is 9.96. The Bertz CT molecular complexity index is 605. The zero-order chi connectivity index (χ0) is 17.6. The highest BCUT2D eigenvalue weighted by atomic mass is 16.2. The lowest BCUT2D eigenvalue weighted by Crippen LogP contribution is -2.48. The molecule has 0 atom stereocenters. The maximum absolute atomic E-state index is 12.5. The van der Waals surface area contributed by atoms with Gasteiger partial charge in [-0.1, -0.05) is 32.1 Å². The SMILES string of the molecule is NC(=O)c1cc(N2CCN(C(=O)CCC3CCCCC3)CC2)ccn1. The van der Waals surface area contributed by atoms with Crippen molar-refractivity contribution in [2.75, 3.05) is 31.1 Å². The summed E-state index contributed by atoms with van der Waals surface area (Å²) in [5.41, 5.74) is 6.52. The quantitative estimate of drug-likeness (QED) is 0.888. The molecule has 0 unspecified atom stereocenters. The van der Waals surface area contributed by atoms with Gasteiger partial charge in [0, 0.05) is 44.5 Å². The minimum absolute atomic E-state index is 0.281. The number of rotatable bonds is 5. The van der Waals surface area contributed by atoms with E-state index in [1.165, 1.54) is 32.1 Å². The van der Waals surface area contributed by atoms with Gasteiger partial charge >= 0.3 is 0 Å². The maximum Gasteiger partial charge on any atom is 0.267 e. The number of primary amides is 1. The number of carbonyl (C=O) groups excluding carboxylic acids is 2. The smallest absolute Gasteiger partial charge is 0.267 e. The second kappa shape index (κ2) is 8.32. The van der Waals surface area contributed by atoms with E-state index in [4.69, 9.17) is 5.73 Å². The van der Waals surface area contributed by atoms with E-state index in [-0.39, 0.29) is 11.6 Å². The third kappa shape index (κ3) is 4.71. The average molecular weight is 344 g/mol. The van der Waals surface area contributed by atoms with Crippen LogP contribution in [-0.4, -0.2) is 47.9 Å². The number of amides is 2. The molecule has 0 spiro atoms. The summed E-state index contributed by atoms with van der Waals surface area (Å²) < 4.78 is 0. The molecule has 2 aliphatic rings. The van der Waals surface area contributed by atoms with Crippen molar-refractivity contribution >= 4 is 17.5 Å². The third-order valence-electron chi connectivity index (χ3n) is 5.48. The van der Waals surface area contributed by atoms with Gasteiger partial charge in [-0.3, -0.25) is 14.6 Å². The number of pyridine rings is 1. The first-order chi connectivity index (χ1) is 12.1. The molecule has 0 bridgehead atoms. The maximum atomic E-state index is 12.5. The van der Waals surface area contributed by atoms with E-state index < -0.39 is 5.91 Å². The highest BCUT2D eigenvalue weighted by Gasteiger charge is 2.23. The summed E-state index contributed by atoms with van der Waals surface area (Å²) in [6.45, 7) is 3.02. The standard InChI is InChI=1S/C19H28N4O2/c20-19(25)17-14-16(8-9-21-17)22-10-12-23(13-11-22)18(24)7-6-15-4-2-1-3-5-15/h8-9,14-15H,1-7,10-13H2,(H2,20,25). The first kappa shape index (κ1) is 17.7. The van der Waals surface area contributed by atoms with Crippen molar-refractivity contribution in [3.63, 3.8) is 0 Å². The lowest BCUT2D eigenvalue weighted by Gasteiger charge is -2.36. The fourth-order valence-electron chi connectivity index (χ4n) is 3.93. The van der Waals surface area contributed by atoms with Gasteiger partial charge in [-0.05, 0) is 24.5 Å². The Morgan fingerprint density at radius 3 is 2.52 bits per heavy atom. The number of hydrogen-bond acceptors (Lipinski definition) is 4. The van der Waals surface area contributed by atoms with Crippen LogP contribution in [0.2, 0.25) is 0 Å². The summed E-state index contributed by atoms with van der Waals surface area (Å²) in [6, 6.07) is 3.61. The third-order valence-corrected chi connectivity index (χ3v) is 5.48. The minimum atomic E-state index is -0.515. The summed E-state index contributed by atoms with van der Waals surface area (Å²) in [7, 11) is 0. The zero-order valence-electron chi connectivity index (χ0n) is 14.8. The molecule has 2 heterocycles. The van der Waals surface area contributed by atoms with Crippen LogP contribution < -0.4 is 10.6 Å². The number of anilines is 1. The monoisotopic (exact) mass is 344 g/mol. The fourth-order valence-corrected chi connectivity index (χ4v) is 3.93. The van der Waals surface area contributed by atoms with E-state index in [0.29, 0.717) is 6.42 Å². The predicted molar refractivity (Wildman–Crippen MR) is 97.4 cm³/mol. The molecule has 0 aromatic carbocycles. The summed E-state index contributed by atoms with van der Waals surface area (Å²) in [5.74, 6) is 0.527. The van der Waals surface area contributed by atoms with Gasteiger partial charge in [0.1, 0.15) is 5.69 Å². The second-order valence-electron chi connectivity index (χ2n) is 7.17. The molecule has 25 heavy (non-hydrogen) atoms. The van der Waals surface area contributed by atoms with Crippen molar-refractivity contribution in [1.29, 1.82) is 0 Å². The number of nitrogens with two attached hydrogens (primary N) is 1. The molecule has 3 rings (SSSR count). The minimum Gasteiger partial charge on any atom is -0.368 e. The summed E-state index contributed by atoms with van der Waals surface area (Å²) in [4.78, 5) is 31.9. The van der Waals surface area contributed by atoms with Crippen LogP contribution in [0, 0.1) is 5.92 Å². The van der Waals surface area contributed by atoms with Crippen LogP contribution in [0.15, 0.2) is 18.3 Å². The molecule has 6 nitrogen and oxygen atoms in total. The molecule has 1 saturated heterocycles. The van der Waals surface area contributed by atoms with Crippen LogP contribution in [0.1, 0.15) is 55.4 Å². The molecule has 1 aromatic heterocycles. The fraction of sp³-hybridized carbons (Fsp3) is 0.632. The van der Waals surface area contributed by atoms with Crippen LogP contribution in [0.5, 0.6) is 0 Å². The van der Waals surface area contributed by atoms with E-state index in [1.54, 1.807) is 12.3 Å². The lowest BCUT2D eigenvalue weighted by molar-refractivity contribution is -0.131. The lowest BCUT2D eigenvalue weighted by atomic mass is 9.86. The molecule has 2 fully saturated rings. The first-order valence-electron chi connectivity index (χ1n) is 9.42. The molecule has 1 aliphatic carbocycles. The summed E-state index contributed by atoms with van der Waals surface area (Å²) in [5, 5.41) is 0. The van der Waals surface area contributed by atoms with Crippen LogP contribution in [0.4, 0.5) is 5.69 Å². The van der Waals surface area contributed by atoms with Gasteiger partial charge in [0.25, 0.3) is 5.91 Å². The molecule has 1 saturated carbocycles. The Labute approximate surface area is 149 Å². The normalized spacial score (nSPS) is 19.0. The Balaban J connectivity index is 1.47. The van der Waals surface area contributed by atoms with Gasteiger partial charge in [-0.2, -0.15) is 0 Å². The Morgan fingerprint density at radius 2 is 1.84 bits per heavy atom. The Hall–Kier alpha value is -2.11. The van der Waals surface area contributed by atoms with Gasteiger partial charge in [-0.25, -0.2) is 0 Å². The first-order valence-corrected chi connectivity index (χ1v) is 9.42. The molecule has 136 valence electrons. The van der Waals surface area contributed by atoms with Crippen molar-refractivity contribution in [3.05, 3.63) is 24.0 Å². The van der Waals surface area contributed by atoms with E-state index >= 15 is 0 Å². The van der Waals surface area contributed by atoms with Crippen molar-refractivity contribution in [1.82, 2.24) is 9.88 Å². The number of nitrogens with zero attached hydrogens (tertiary/aromatic N) is 3.